The first-order chi connectivity index (χ1) is 8.91. The first kappa shape index (κ1) is 16.4. The summed E-state index contributed by atoms with van der Waals surface area (Å²) in [7, 11) is 0. The second kappa shape index (κ2) is 7.83. The molecule has 0 aromatic heterocycles. The minimum absolute atomic E-state index is 0.207. The minimum atomic E-state index is -0.207. The largest absolute Gasteiger partial charge is 0.311 e. The quantitative estimate of drug-likeness (QED) is 0.769. The van der Waals surface area contributed by atoms with E-state index in [0.717, 1.165) is 13.1 Å². The number of nitrogens with one attached hydrogen (secondary N) is 1. The SMILES string of the molecule is CC(C)N(CCNCc1cc(Cl)ccc1F)C(C)C. The van der Waals surface area contributed by atoms with Gasteiger partial charge in [-0.15, -0.1) is 0 Å². The molecular formula is C15H24ClFN2. The van der Waals surface area contributed by atoms with Crippen molar-refractivity contribution in [1.29, 1.82) is 0 Å². The molecular weight excluding hydrogens is 263 g/mol. The summed E-state index contributed by atoms with van der Waals surface area (Å²) < 4.78 is 13.5. The summed E-state index contributed by atoms with van der Waals surface area (Å²) in [5.41, 5.74) is 0.619. The molecule has 0 heterocycles. The molecule has 0 saturated heterocycles. The Labute approximate surface area is 120 Å². The first-order valence-corrected chi connectivity index (χ1v) is 7.20. The Morgan fingerprint density at radius 3 is 2.42 bits per heavy atom. The van der Waals surface area contributed by atoms with E-state index in [0.29, 0.717) is 29.2 Å². The predicted octanol–water partition coefficient (Wildman–Crippen LogP) is 3.69. The minimum Gasteiger partial charge on any atom is -0.311 e. The number of hydrogen-bond acceptors (Lipinski definition) is 2. The van der Waals surface area contributed by atoms with Gasteiger partial charge in [0.2, 0.25) is 0 Å². The Hall–Kier alpha value is -0.640. The van der Waals surface area contributed by atoms with Crippen molar-refractivity contribution in [3.05, 3.63) is 34.6 Å². The fourth-order valence-electron chi connectivity index (χ4n) is 2.22. The van der Waals surface area contributed by atoms with Crippen LogP contribution in [0, 0.1) is 5.82 Å². The van der Waals surface area contributed by atoms with Crippen molar-refractivity contribution >= 4 is 11.6 Å². The molecule has 0 aliphatic heterocycles. The highest BCUT2D eigenvalue weighted by atomic mass is 35.5. The summed E-state index contributed by atoms with van der Waals surface area (Å²) in [6.45, 7) is 11.1. The van der Waals surface area contributed by atoms with E-state index in [-0.39, 0.29) is 5.82 Å². The normalized spacial score (nSPS) is 11.8. The second-order valence-corrected chi connectivity index (χ2v) is 5.77. The van der Waals surface area contributed by atoms with Crippen LogP contribution in [0.3, 0.4) is 0 Å². The van der Waals surface area contributed by atoms with E-state index in [1.54, 1.807) is 12.1 Å². The van der Waals surface area contributed by atoms with Gasteiger partial charge in [0.15, 0.2) is 0 Å². The zero-order chi connectivity index (χ0) is 14.4. The summed E-state index contributed by atoms with van der Waals surface area (Å²) in [5, 5.41) is 3.84. The van der Waals surface area contributed by atoms with Crippen molar-refractivity contribution in [2.75, 3.05) is 13.1 Å². The highest BCUT2D eigenvalue weighted by Crippen LogP contribution is 2.14. The van der Waals surface area contributed by atoms with Crippen molar-refractivity contribution in [3.63, 3.8) is 0 Å². The molecule has 0 aliphatic carbocycles. The smallest absolute Gasteiger partial charge is 0.127 e. The van der Waals surface area contributed by atoms with Crippen molar-refractivity contribution in [2.45, 2.75) is 46.3 Å². The third kappa shape index (κ3) is 5.47. The molecule has 1 rings (SSSR count). The molecule has 0 radical (unpaired) electrons. The van der Waals surface area contributed by atoms with E-state index in [1.807, 2.05) is 0 Å². The molecule has 0 saturated carbocycles. The third-order valence-electron chi connectivity index (χ3n) is 3.20. The van der Waals surface area contributed by atoms with Crippen LogP contribution in [-0.4, -0.2) is 30.1 Å². The maximum atomic E-state index is 13.5. The Morgan fingerprint density at radius 2 is 1.84 bits per heavy atom. The van der Waals surface area contributed by atoms with Crippen molar-refractivity contribution < 1.29 is 4.39 Å². The lowest BCUT2D eigenvalue weighted by molar-refractivity contribution is 0.175. The molecule has 0 fully saturated rings. The van der Waals surface area contributed by atoms with Crippen molar-refractivity contribution in [3.8, 4) is 0 Å². The first-order valence-electron chi connectivity index (χ1n) is 6.82. The Balaban J connectivity index is 2.40. The fourth-order valence-corrected chi connectivity index (χ4v) is 2.42. The Kier molecular flexibility index (Phi) is 6.76. The van der Waals surface area contributed by atoms with E-state index >= 15 is 0 Å². The molecule has 1 aromatic carbocycles. The topological polar surface area (TPSA) is 15.3 Å². The van der Waals surface area contributed by atoms with Gasteiger partial charge in [0.05, 0.1) is 0 Å². The summed E-state index contributed by atoms with van der Waals surface area (Å²) >= 11 is 5.86. The van der Waals surface area contributed by atoms with Crippen LogP contribution in [0.1, 0.15) is 33.3 Å². The van der Waals surface area contributed by atoms with Crippen LogP contribution in [0.5, 0.6) is 0 Å². The summed E-state index contributed by atoms with van der Waals surface area (Å²) in [4.78, 5) is 2.40. The molecule has 2 nitrogen and oxygen atoms in total. The predicted molar refractivity (Wildman–Crippen MR) is 80.1 cm³/mol. The zero-order valence-corrected chi connectivity index (χ0v) is 13.0. The molecule has 108 valence electrons. The lowest BCUT2D eigenvalue weighted by Crippen LogP contribution is -2.41. The van der Waals surface area contributed by atoms with Gasteiger partial charge in [0, 0.05) is 42.3 Å². The number of rotatable bonds is 7. The number of halogens is 2. The average molecular weight is 287 g/mol. The summed E-state index contributed by atoms with van der Waals surface area (Å²) in [6.07, 6.45) is 0. The molecule has 4 heteroatoms. The lowest BCUT2D eigenvalue weighted by atomic mass is 10.2. The van der Waals surface area contributed by atoms with Crippen LogP contribution in [-0.2, 0) is 6.54 Å². The van der Waals surface area contributed by atoms with Gasteiger partial charge in [-0.1, -0.05) is 11.6 Å². The maximum Gasteiger partial charge on any atom is 0.127 e. The van der Waals surface area contributed by atoms with Gasteiger partial charge >= 0.3 is 0 Å². The van der Waals surface area contributed by atoms with E-state index in [9.17, 15) is 4.39 Å². The van der Waals surface area contributed by atoms with Gasteiger partial charge in [0.25, 0.3) is 0 Å². The number of nitrogens with zero attached hydrogens (tertiary/aromatic N) is 1. The highest BCUT2D eigenvalue weighted by Gasteiger charge is 2.12. The van der Waals surface area contributed by atoms with Crippen LogP contribution < -0.4 is 5.32 Å². The lowest BCUT2D eigenvalue weighted by Gasteiger charge is -2.30. The van der Waals surface area contributed by atoms with Gasteiger partial charge < -0.3 is 5.32 Å². The van der Waals surface area contributed by atoms with Crippen LogP contribution in [0.2, 0.25) is 5.02 Å². The molecule has 1 aromatic rings. The van der Waals surface area contributed by atoms with Gasteiger partial charge in [0.1, 0.15) is 5.82 Å². The standard InChI is InChI=1S/C15H24ClFN2/c1-11(2)19(12(3)4)8-7-18-10-13-9-14(16)5-6-15(13)17/h5-6,9,11-12,18H,7-8,10H2,1-4H3. The molecule has 0 spiro atoms. The third-order valence-corrected chi connectivity index (χ3v) is 3.43. The van der Waals surface area contributed by atoms with Gasteiger partial charge in [-0.05, 0) is 45.9 Å². The monoisotopic (exact) mass is 286 g/mol. The molecule has 19 heavy (non-hydrogen) atoms. The van der Waals surface area contributed by atoms with E-state index < -0.39 is 0 Å². The number of benzene rings is 1. The molecule has 0 atom stereocenters. The highest BCUT2D eigenvalue weighted by molar-refractivity contribution is 6.30. The Morgan fingerprint density at radius 1 is 1.21 bits per heavy atom. The Bertz CT molecular complexity index is 386. The average Bonchev–Trinajstić information content (AvgIpc) is 2.32. The van der Waals surface area contributed by atoms with Crippen LogP contribution >= 0.6 is 11.6 Å². The second-order valence-electron chi connectivity index (χ2n) is 5.34. The van der Waals surface area contributed by atoms with Crippen molar-refractivity contribution in [2.24, 2.45) is 0 Å². The van der Waals surface area contributed by atoms with E-state index in [2.05, 4.69) is 37.9 Å². The summed E-state index contributed by atoms with van der Waals surface area (Å²) in [5.74, 6) is -0.207. The molecule has 0 bridgehead atoms. The number of hydrogen-bond donors (Lipinski definition) is 1. The fraction of sp³-hybridized carbons (Fsp3) is 0.600. The van der Waals surface area contributed by atoms with Gasteiger partial charge in [-0.2, -0.15) is 0 Å². The zero-order valence-electron chi connectivity index (χ0n) is 12.2. The molecule has 1 N–H and O–H groups in total. The van der Waals surface area contributed by atoms with Crippen LogP contribution in [0.15, 0.2) is 18.2 Å². The molecule has 0 aliphatic rings. The molecule has 0 unspecified atom stereocenters. The molecule has 0 amide bonds. The van der Waals surface area contributed by atoms with Crippen LogP contribution in [0.4, 0.5) is 4.39 Å². The van der Waals surface area contributed by atoms with Gasteiger partial charge in [-0.25, -0.2) is 4.39 Å². The van der Waals surface area contributed by atoms with E-state index in [1.165, 1.54) is 6.07 Å². The van der Waals surface area contributed by atoms with Gasteiger partial charge in [-0.3, -0.25) is 4.90 Å². The van der Waals surface area contributed by atoms with Crippen molar-refractivity contribution in [1.82, 2.24) is 10.2 Å². The summed E-state index contributed by atoms with van der Waals surface area (Å²) in [6, 6.07) is 5.69. The maximum absolute atomic E-state index is 13.5. The van der Waals surface area contributed by atoms with Crippen LogP contribution in [0.25, 0.3) is 0 Å². The van der Waals surface area contributed by atoms with E-state index in [4.69, 9.17) is 11.6 Å².